The van der Waals surface area contributed by atoms with Crippen LogP contribution in [0, 0.1) is 11.8 Å². The van der Waals surface area contributed by atoms with Gasteiger partial charge in [-0.1, -0.05) is 49.9 Å². The summed E-state index contributed by atoms with van der Waals surface area (Å²) in [6.07, 6.45) is 6.91. The monoisotopic (exact) mass is 280 g/mol. The van der Waals surface area contributed by atoms with E-state index in [1.165, 1.54) is 31.2 Å². The average Bonchev–Trinajstić information content (AvgIpc) is 2.41. The van der Waals surface area contributed by atoms with Crippen LogP contribution in [0.4, 0.5) is 0 Å². The molecular weight excluding hydrogens is 256 g/mol. The van der Waals surface area contributed by atoms with E-state index in [9.17, 15) is 5.11 Å². The molecule has 19 heavy (non-hydrogen) atoms. The number of halogens is 1. The lowest BCUT2D eigenvalue weighted by Gasteiger charge is -2.38. The first kappa shape index (κ1) is 14.9. The molecule has 0 saturated heterocycles. The molecule has 1 saturated carbocycles. The van der Waals surface area contributed by atoms with Crippen LogP contribution in [-0.2, 0) is 6.42 Å². The van der Waals surface area contributed by atoms with Gasteiger partial charge >= 0.3 is 0 Å². The zero-order valence-electron chi connectivity index (χ0n) is 12.0. The topological polar surface area (TPSA) is 20.2 Å². The minimum Gasteiger partial charge on any atom is -0.390 e. The summed E-state index contributed by atoms with van der Waals surface area (Å²) in [5.74, 6) is 1.23. The second-order valence-electron chi connectivity index (χ2n) is 6.30. The highest BCUT2D eigenvalue weighted by atomic mass is 35.5. The Morgan fingerprint density at radius 2 is 1.95 bits per heavy atom. The van der Waals surface area contributed by atoms with Crippen LogP contribution in [0.25, 0.3) is 0 Å². The van der Waals surface area contributed by atoms with Gasteiger partial charge in [-0.3, -0.25) is 0 Å². The van der Waals surface area contributed by atoms with Crippen LogP contribution < -0.4 is 0 Å². The predicted molar refractivity (Wildman–Crippen MR) is 81.5 cm³/mol. The van der Waals surface area contributed by atoms with E-state index >= 15 is 0 Å². The van der Waals surface area contributed by atoms with Crippen LogP contribution in [0.1, 0.15) is 51.5 Å². The maximum absolute atomic E-state index is 10.8. The highest BCUT2D eigenvalue weighted by Gasteiger charge is 2.35. The highest BCUT2D eigenvalue weighted by molar-refractivity contribution is 6.30. The van der Waals surface area contributed by atoms with Gasteiger partial charge in [-0.05, 0) is 49.3 Å². The molecule has 0 radical (unpaired) electrons. The summed E-state index contributed by atoms with van der Waals surface area (Å²) in [5, 5.41) is 11.6. The number of aliphatic hydroxyl groups is 1. The molecule has 0 spiro atoms. The third-order valence-electron chi connectivity index (χ3n) is 4.71. The van der Waals surface area contributed by atoms with Crippen molar-refractivity contribution in [3.05, 3.63) is 34.9 Å². The predicted octanol–water partition coefficient (Wildman–Crippen LogP) is 4.85. The Bertz CT molecular complexity index is 396. The molecule has 0 bridgehead atoms. The quantitative estimate of drug-likeness (QED) is 0.836. The van der Waals surface area contributed by atoms with Crippen LogP contribution in [0.2, 0.25) is 5.02 Å². The number of hydrogen-bond donors (Lipinski definition) is 1. The van der Waals surface area contributed by atoms with E-state index < -0.39 is 5.60 Å². The van der Waals surface area contributed by atoms with Crippen molar-refractivity contribution in [2.24, 2.45) is 11.8 Å². The molecule has 2 heteroatoms. The van der Waals surface area contributed by atoms with Gasteiger partial charge in [0.25, 0.3) is 0 Å². The molecule has 1 N–H and O–H groups in total. The standard InChI is InChI=1S/C17H25ClO/c1-3-13-5-4-6-15(11-13)17(2,19)12-14-7-9-16(18)10-8-14/h7-10,13,15,19H,3-6,11-12H2,1-2H3. The SMILES string of the molecule is CCC1CCCC(C(C)(O)Cc2ccc(Cl)cc2)C1. The largest absolute Gasteiger partial charge is 0.390 e. The summed E-state index contributed by atoms with van der Waals surface area (Å²) in [6.45, 7) is 4.27. The van der Waals surface area contributed by atoms with Gasteiger partial charge in [0.2, 0.25) is 0 Å². The minimum atomic E-state index is -0.596. The molecule has 0 amide bonds. The number of rotatable bonds is 4. The summed E-state index contributed by atoms with van der Waals surface area (Å²) < 4.78 is 0. The van der Waals surface area contributed by atoms with Crippen molar-refractivity contribution in [1.29, 1.82) is 0 Å². The molecule has 0 aromatic heterocycles. The first-order valence-corrected chi connectivity index (χ1v) is 7.86. The molecule has 3 unspecified atom stereocenters. The molecule has 1 aromatic carbocycles. The Morgan fingerprint density at radius 1 is 1.26 bits per heavy atom. The van der Waals surface area contributed by atoms with E-state index in [4.69, 9.17) is 11.6 Å². The van der Waals surface area contributed by atoms with E-state index in [1.807, 2.05) is 31.2 Å². The van der Waals surface area contributed by atoms with Crippen molar-refractivity contribution in [3.8, 4) is 0 Å². The van der Waals surface area contributed by atoms with Crippen LogP contribution in [-0.4, -0.2) is 10.7 Å². The highest BCUT2D eigenvalue weighted by Crippen LogP contribution is 2.38. The Balaban J connectivity index is 2.02. The minimum absolute atomic E-state index is 0.432. The second kappa shape index (κ2) is 6.28. The number of benzene rings is 1. The smallest absolute Gasteiger partial charge is 0.0688 e. The van der Waals surface area contributed by atoms with Crippen molar-refractivity contribution in [2.45, 2.75) is 58.0 Å². The van der Waals surface area contributed by atoms with Gasteiger partial charge in [0.1, 0.15) is 0 Å². The maximum Gasteiger partial charge on any atom is 0.0688 e. The lowest BCUT2D eigenvalue weighted by atomic mass is 9.71. The Labute approximate surface area is 122 Å². The van der Waals surface area contributed by atoms with Gasteiger partial charge in [-0.2, -0.15) is 0 Å². The lowest BCUT2D eigenvalue weighted by molar-refractivity contribution is -0.0256. The van der Waals surface area contributed by atoms with Crippen molar-refractivity contribution in [1.82, 2.24) is 0 Å². The average molecular weight is 281 g/mol. The van der Waals surface area contributed by atoms with Gasteiger partial charge < -0.3 is 5.11 Å². The zero-order valence-corrected chi connectivity index (χ0v) is 12.8. The van der Waals surface area contributed by atoms with Gasteiger partial charge in [0, 0.05) is 11.4 Å². The Hall–Kier alpha value is -0.530. The van der Waals surface area contributed by atoms with Crippen LogP contribution in [0.5, 0.6) is 0 Å². The second-order valence-corrected chi connectivity index (χ2v) is 6.73. The fraction of sp³-hybridized carbons (Fsp3) is 0.647. The molecule has 1 fully saturated rings. The lowest BCUT2D eigenvalue weighted by Crippen LogP contribution is -2.39. The summed E-state index contributed by atoms with van der Waals surface area (Å²) in [5.41, 5.74) is 0.579. The Morgan fingerprint density at radius 3 is 2.58 bits per heavy atom. The molecule has 1 aliphatic rings. The van der Waals surface area contributed by atoms with E-state index in [2.05, 4.69) is 6.92 Å². The summed E-state index contributed by atoms with van der Waals surface area (Å²) >= 11 is 5.91. The van der Waals surface area contributed by atoms with Crippen molar-refractivity contribution >= 4 is 11.6 Å². The van der Waals surface area contributed by atoms with Gasteiger partial charge in [-0.25, -0.2) is 0 Å². The fourth-order valence-electron chi connectivity index (χ4n) is 3.39. The Kier molecular flexibility index (Phi) is 4.92. The molecule has 1 nitrogen and oxygen atoms in total. The molecule has 1 aromatic rings. The third-order valence-corrected chi connectivity index (χ3v) is 4.97. The zero-order chi connectivity index (χ0) is 13.9. The van der Waals surface area contributed by atoms with E-state index in [0.717, 1.165) is 23.8 Å². The van der Waals surface area contributed by atoms with E-state index in [1.54, 1.807) is 0 Å². The molecular formula is C17H25ClO. The molecule has 0 aliphatic heterocycles. The molecule has 1 aliphatic carbocycles. The maximum atomic E-state index is 10.8. The van der Waals surface area contributed by atoms with E-state index in [0.29, 0.717) is 5.92 Å². The summed E-state index contributed by atoms with van der Waals surface area (Å²) in [6, 6.07) is 7.86. The van der Waals surface area contributed by atoms with Gasteiger partial charge in [-0.15, -0.1) is 0 Å². The van der Waals surface area contributed by atoms with E-state index in [-0.39, 0.29) is 0 Å². The van der Waals surface area contributed by atoms with Gasteiger partial charge in [0.05, 0.1) is 5.60 Å². The first-order chi connectivity index (χ1) is 9.01. The van der Waals surface area contributed by atoms with Crippen LogP contribution in [0.3, 0.4) is 0 Å². The van der Waals surface area contributed by atoms with Crippen LogP contribution in [0.15, 0.2) is 24.3 Å². The molecule has 2 rings (SSSR count). The third kappa shape index (κ3) is 3.97. The molecule has 3 atom stereocenters. The van der Waals surface area contributed by atoms with Crippen molar-refractivity contribution in [2.75, 3.05) is 0 Å². The summed E-state index contributed by atoms with van der Waals surface area (Å²) in [4.78, 5) is 0. The molecule has 0 heterocycles. The fourth-order valence-corrected chi connectivity index (χ4v) is 3.51. The van der Waals surface area contributed by atoms with Crippen molar-refractivity contribution < 1.29 is 5.11 Å². The van der Waals surface area contributed by atoms with Crippen LogP contribution >= 0.6 is 11.6 Å². The molecule has 106 valence electrons. The van der Waals surface area contributed by atoms with Gasteiger partial charge in [0.15, 0.2) is 0 Å². The summed E-state index contributed by atoms with van der Waals surface area (Å²) in [7, 11) is 0. The number of hydrogen-bond acceptors (Lipinski definition) is 1. The van der Waals surface area contributed by atoms with Crippen molar-refractivity contribution in [3.63, 3.8) is 0 Å². The first-order valence-electron chi connectivity index (χ1n) is 7.48. The normalized spacial score (nSPS) is 26.9.